The van der Waals surface area contributed by atoms with Gasteiger partial charge in [0, 0.05) is 19.1 Å². The number of halogens is 1. The van der Waals surface area contributed by atoms with Crippen molar-refractivity contribution in [3.05, 3.63) is 28.8 Å². The Labute approximate surface area is 118 Å². The maximum atomic E-state index is 11.6. The summed E-state index contributed by atoms with van der Waals surface area (Å²) in [5, 5.41) is 3.64. The number of benzene rings is 1. The average molecular weight is 282 g/mol. The zero-order valence-electron chi connectivity index (χ0n) is 11.2. The Bertz CT molecular complexity index is 462. The second kappa shape index (κ2) is 6.26. The molecule has 1 aliphatic heterocycles. The molecule has 1 unspecified atom stereocenters. The summed E-state index contributed by atoms with van der Waals surface area (Å²) in [6.07, 6.45) is 3.46. The second-order valence-electron chi connectivity index (χ2n) is 4.90. The first-order valence-electron chi connectivity index (χ1n) is 6.64. The van der Waals surface area contributed by atoms with Crippen LogP contribution in [0.3, 0.4) is 0 Å². The Morgan fingerprint density at radius 2 is 2.32 bits per heavy atom. The Morgan fingerprint density at radius 1 is 1.53 bits per heavy atom. The number of carbonyl (C=O) groups is 1. The third-order valence-corrected chi connectivity index (χ3v) is 3.93. The van der Waals surface area contributed by atoms with Crippen LogP contribution in [0.1, 0.15) is 29.6 Å². The highest BCUT2D eigenvalue weighted by atomic mass is 35.5. The molecule has 0 aromatic heterocycles. The second-order valence-corrected chi connectivity index (χ2v) is 5.31. The standard InChI is InChI=1S/C14H20ClN3O/c1-17-9-10-5-2-3-8-18(10)12-7-4-6-11(15)13(12)14(16)19/h4,6-7,10,17H,2-3,5,8-9H2,1H3,(H2,16,19). The van der Waals surface area contributed by atoms with Gasteiger partial charge in [0.15, 0.2) is 0 Å². The highest BCUT2D eigenvalue weighted by Gasteiger charge is 2.26. The fourth-order valence-electron chi connectivity index (χ4n) is 2.76. The van der Waals surface area contributed by atoms with Crippen LogP contribution in [0.4, 0.5) is 5.69 Å². The molecule has 0 saturated carbocycles. The van der Waals surface area contributed by atoms with Gasteiger partial charge in [0.2, 0.25) is 0 Å². The number of nitrogens with two attached hydrogens (primary N) is 1. The molecule has 104 valence electrons. The molecule has 3 N–H and O–H groups in total. The van der Waals surface area contributed by atoms with Crippen molar-refractivity contribution in [1.29, 1.82) is 0 Å². The predicted molar refractivity (Wildman–Crippen MR) is 78.9 cm³/mol. The van der Waals surface area contributed by atoms with Gasteiger partial charge in [0.1, 0.15) is 0 Å². The minimum atomic E-state index is -0.464. The zero-order chi connectivity index (χ0) is 13.8. The smallest absolute Gasteiger partial charge is 0.252 e. The first-order valence-corrected chi connectivity index (χ1v) is 7.02. The van der Waals surface area contributed by atoms with E-state index in [1.165, 1.54) is 6.42 Å². The van der Waals surface area contributed by atoms with Crippen molar-refractivity contribution < 1.29 is 4.79 Å². The van der Waals surface area contributed by atoms with Gasteiger partial charge in [0.25, 0.3) is 5.91 Å². The number of hydrogen-bond donors (Lipinski definition) is 2. The van der Waals surface area contributed by atoms with Gasteiger partial charge in [0.05, 0.1) is 16.3 Å². The quantitative estimate of drug-likeness (QED) is 0.888. The Hall–Kier alpha value is -1.26. The number of piperidine rings is 1. The lowest BCUT2D eigenvalue weighted by Gasteiger charge is -2.38. The van der Waals surface area contributed by atoms with Crippen LogP contribution in [0.5, 0.6) is 0 Å². The number of nitrogens with zero attached hydrogens (tertiary/aromatic N) is 1. The number of carbonyl (C=O) groups excluding carboxylic acids is 1. The van der Waals surface area contributed by atoms with Crippen LogP contribution < -0.4 is 16.0 Å². The van der Waals surface area contributed by atoms with Gasteiger partial charge >= 0.3 is 0 Å². The van der Waals surface area contributed by atoms with E-state index in [0.717, 1.165) is 31.6 Å². The maximum absolute atomic E-state index is 11.6. The summed E-state index contributed by atoms with van der Waals surface area (Å²) in [4.78, 5) is 13.9. The molecule has 0 radical (unpaired) electrons. The first-order chi connectivity index (χ1) is 9.15. The van der Waals surface area contributed by atoms with E-state index in [0.29, 0.717) is 16.6 Å². The van der Waals surface area contributed by atoms with Crippen molar-refractivity contribution in [2.75, 3.05) is 25.0 Å². The van der Waals surface area contributed by atoms with Crippen molar-refractivity contribution in [2.24, 2.45) is 5.73 Å². The molecule has 1 heterocycles. The van der Waals surface area contributed by atoms with Crippen molar-refractivity contribution in [1.82, 2.24) is 5.32 Å². The van der Waals surface area contributed by atoms with E-state index in [-0.39, 0.29) is 0 Å². The summed E-state index contributed by atoms with van der Waals surface area (Å²) >= 11 is 6.13. The van der Waals surface area contributed by atoms with E-state index in [1.807, 2.05) is 19.2 Å². The summed E-state index contributed by atoms with van der Waals surface area (Å²) in [5.74, 6) is -0.464. The highest BCUT2D eigenvalue weighted by Crippen LogP contribution is 2.31. The number of likely N-dealkylation sites (N-methyl/N-ethyl adjacent to an activating group) is 1. The molecular weight excluding hydrogens is 262 g/mol. The number of nitrogens with one attached hydrogen (secondary N) is 1. The molecule has 1 fully saturated rings. The lowest BCUT2D eigenvalue weighted by molar-refractivity contribution is 0.100. The van der Waals surface area contributed by atoms with E-state index in [1.54, 1.807) is 6.07 Å². The van der Waals surface area contributed by atoms with Crippen LogP contribution in [0.25, 0.3) is 0 Å². The minimum absolute atomic E-state index is 0.385. The molecule has 2 rings (SSSR count). The number of anilines is 1. The van der Waals surface area contributed by atoms with Crippen molar-refractivity contribution in [3.8, 4) is 0 Å². The molecule has 1 aromatic carbocycles. The van der Waals surface area contributed by atoms with E-state index in [9.17, 15) is 4.79 Å². The molecule has 1 saturated heterocycles. The fraction of sp³-hybridized carbons (Fsp3) is 0.500. The summed E-state index contributed by atoms with van der Waals surface area (Å²) in [6, 6.07) is 5.90. The summed E-state index contributed by atoms with van der Waals surface area (Å²) < 4.78 is 0. The molecule has 0 spiro atoms. The molecule has 19 heavy (non-hydrogen) atoms. The number of rotatable bonds is 4. The summed E-state index contributed by atoms with van der Waals surface area (Å²) in [7, 11) is 1.94. The van der Waals surface area contributed by atoms with Gasteiger partial charge in [-0.1, -0.05) is 17.7 Å². The molecule has 0 bridgehead atoms. The van der Waals surface area contributed by atoms with Gasteiger partial charge in [-0.3, -0.25) is 4.79 Å². The third-order valence-electron chi connectivity index (χ3n) is 3.61. The summed E-state index contributed by atoms with van der Waals surface area (Å²) in [6.45, 7) is 1.83. The average Bonchev–Trinajstić information content (AvgIpc) is 2.39. The third kappa shape index (κ3) is 3.01. The van der Waals surface area contributed by atoms with Gasteiger partial charge in [-0.2, -0.15) is 0 Å². The minimum Gasteiger partial charge on any atom is -0.367 e. The van der Waals surface area contributed by atoms with Crippen LogP contribution in [0.15, 0.2) is 18.2 Å². The Morgan fingerprint density at radius 3 is 3.00 bits per heavy atom. The van der Waals surface area contributed by atoms with E-state index < -0.39 is 5.91 Å². The van der Waals surface area contributed by atoms with E-state index in [2.05, 4.69) is 10.2 Å². The van der Waals surface area contributed by atoms with Crippen LogP contribution >= 0.6 is 11.6 Å². The van der Waals surface area contributed by atoms with Gasteiger partial charge in [-0.05, 0) is 38.4 Å². The van der Waals surface area contributed by atoms with E-state index >= 15 is 0 Å². The molecule has 5 heteroatoms. The maximum Gasteiger partial charge on any atom is 0.252 e. The molecule has 1 amide bonds. The fourth-order valence-corrected chi connectivity index (χ4v) is 3.02. The van der Waals surface area contributed by atoms with Crippen LogP contribution in [-0.4, -0.2) is 32.1 Å². The SMILES string of the molecule is CNCC1CCCCN1c1cccc(Cl)c1C(N)=O. The zero-order valence-corrected chi connectivity index (χ0v) is 11.9. The van der Waals surface area contributed by atoms with Crippen molar-refractivity contribution >= 4 is 23.2 Å². The number of amides is 1. The molecule has 0 aliphatic carbocycles. The van der Waals surface area contributed by atoms with Gasteiger partial charge in [-0.15, -0.1) is 0 Å². The lowest BCUT2D eigenvalue weighted by Crippen LogP contribution is -2.45. The Balaban J connectivity index is 2.38. The van der Waals surface area contributed by atoms with Gasteiger partial charge in [-0.25, -0.2) is 0 Å². The highest BCUT2D eigenvalue weighted by molar-refractivity contribution is 6.34. The van der Waals surface area contributed by atoms with Crippen molar-refractivity contribution in [2.45, 2.75) is 25.3 Å². The molecule has 4 nitrogen and oxygen atoms in total. The van der Waals surface area contributed by atoms with Crippen LogP contribution in [-0.2, 0) is 0 Å². The molecule has 1 aromatic rings. The van der Waals surface area contributed by atoms with Crippen LogP contribution in [0.2, 0.25) is 5.02 Å². The molecule has 1 atom stereocenters. The lowest BCUT2D eigenvalue weighted by atomic mass is 9.99. The van der Waals surface area contributed by atoms with E-state index in [4.69, 9.17) is 17.3 Å². The topological polar surface area (TPSA) is 58.4 Å². The van der Waals surface area contributed by atoms with Gasteiger partial charge < -0.3 is 16.0 Å². The summed E-state index contributed by atoms with van der Waals surface area (Å²) in [5.41, 5.74) is 6.77. The van der Waals surface area contributed by atoms with Crippen LogP contribution in [0, 0.1) is 0 Å². The number of hydrogen-bond acceptors (Lipinski definition) is 3. The van der Waals surface area contributed by atoms with Crippen molar-refractivity contribution in [3.63, 3.8) is 0 Å². The normalized spacial score (nSPS) is 19.5. The first kappa shape index (κ1) is 14.2. The Kier molecular flexibility index (Phi) is 4.66. The predicted octanol–water partition coefficient (Wildman–Crippen LogP) is 2.02. The molecule has 1 aliphatic rings. The number of primary amides is 1. The largest absolute Gasteiger partial charge is 0.367 e. The molecular formula is C14H20ClN3O. The monoisotopic (exact) mass is 281 g/mol.